The molecule has 2 unspecified atom stereocenters. The first-order valence-electron chi connectivity index (χ1n) is 14.5. The molecule has 8 heteroatoms. The molecule has 1 aromatic rings. The van der Waals surface area contributed by atoms with E-state index >= 15 is 0 Å². The van der Waals surface area contributed by atoms with Crippen molar-refractivity contribution in [3.8, 4) is 0 Å². The maximum Gasteiger partial charge on any atom is 0.146 e. The first-order chi connectivity index (χ1) is 18.5. The average Bonchev–Trinajstić information content (AvgIpc) is 2.91. The summed E-state index contributed by atoms with van der Waals surface area (Å²) in [4.78, 5) is 0. The lowest BCUT2D eigenvalue weighted by Gasteiger charge is -2.42. The van der Waals surface area contributed by atoms with E-state index in [0.29, 0.717) is 13.0 Å². The predicted molar refractivity (Wildman–Crippen MR) is 163 cm³/mol. The Morgan fingerprint density at radius 3 is 2.28 bits per heavy atom. The summed E-state index contributed by atoms with van der Waals surface area (Å²) >= 11 is -2.47. The van der Waals surface area contributed by atoms with Crippen LogP contribution < -0.4 is 4.72 Å². The van der Waals surface area contributed by atoms with Gasteiger partial charge >= 0.3 is 0 Å². The number of allylic oxidation sites excluding steroid dienone is 3. The maximum atomic E-state index is 14.4. The van der Waals surface area contributed by atoms with Gasteiger partial charge in [-0.15, -0.1) is 9.03 Å². The summed E-state index contributed by atoms with van der Waals surface area (Å²) in [6, 6.07) is 10.3. The van der Waals surface area contributed by atoms with Crippen molar-refractivity contribution in [1.29, 1.82) is 0 Å². The summed E-state index contributed by atoms with van der Waals surface area (Å²) in [6.07, 6.45) is 11.9. The zero-order valence-corrected chi connectivity index (χ0v) is 26.6. The molecule has 1 aromatic carbocycles. The first kappa shape index (κ1) is 32.4. The Morgan fingerprint density at radius 1 is 1.00 bits per heavy atom. The van der Waals surface area contributed by atoms with Crippen LogP contribution in [0.25, 0.3) is 0 Å². The van der Waals surface area contributed by atoms with Gasteiger partial charge in [0.1, 0.15) is 21.7 Å². The third-order valence-corrected chi connectivity index (χ3v) is 11.0. The fourth-order valence-corrected chi connectivity index (χ4v) is 7.84. The minimum Gasteiger partial charge on any atom is -0.598 e. The van der Waals surface area contributed by atoms with Crippen molar-refractivity contribution < 1.29 is 18.6 Å². The lowest BCUT2D eigenvalue weighted by atomic mass is 9.99. The van der Waals surface area contributed by atoms with Gasteiger partial charge < -0.3 is 18.6 Å². The molecule has 0 spiro atoms. The van der Waals surface area contributed by atoms with Crippen LogP contribution in [-0.4, -0.2) is 47.2 Å². The van der Waals surface area contributed by atoms with E-state index in [1.54, 1.807) is 6.26 Å². The molecule has 0 saturated carbocycles. The Morgan fingerprint density at radius 2 is 1.69 bits per heavy atom. The normalized spacial score (nSPS) is 23.4. The largest absolute Gasteiger partial charge is 0.598 e. The Bertz CT molecular complexity index is 934. The summed E-state index contributed by atoms with van der Waals surface area (Å²) in [5, 5.41) is 0. The van der Waals surface area contributed by atoms with Gasteiger partial charge in [-0.1, -0.05) is 44.2 Å². The van der Waals surface area contributed by atoms with Crippen molar-refractivity contribution in [2.45, 2.75) is 134 Å². The predicted octanol–water partition coefficient (Wildman–Crippen LogP) is 6.69. The van der Waals surface area contributed by atoms with Crippen molar-refractivity contribution in [2.75, 3.05) is 0 Å². The number of hydrogen-bond acceptors (Lipinski definition) is 6. The van der Waals surface area contributed by atoms with E-state index in [2.05, 4.69) is 61.0 Å². The SMILES string of the molecule is CC[C@H](N[S+]([O-])C(C)(C)C)[C@@H]1CCC=C(CC(C)(C)[S+]([O-])N(Cc2ccccc2)[C@@H](CC)[C@@H]2CCC=CO2)O1. The summed E-state index contributed by atoms with van der Waals surface area (Å²) in [6.45, 7) is 15.0. The maximum absolute atomic E-state index is 14.4. The van der Waals surface area contributed by atoms with E-state index in [4.69, 9.17) is 9.47 Å². The molecular formula is C31H50N2O4S2. The van der Waals surface area contributed by atoms with Gasteiger partial charge in [0, 0.05) is 22.7 Å². The number of ether oxygens (including phenoxy) is 2. The van der Waals surface area contributed by atoms with Crippen LogP contribution in [0, 0.1) is 0 Å². The van der Waals surface area contributed by atoms with Crippen LogP contribution in [0.15, 0.2) is 54.5 Å². The van der Waals surface area contributed by atoms with Crippen LogP contribution in [0.1, 0.15) is 99.0 Å². The highest BCUT2D eigenvalue weighted by molar-refractivity contribution is 7.91. The monoisotopic (exact) mass is 578 g/mol. The molecule has 0 bridgehead atoms. The zero-order chi connectivity index (χ0) is 28.6. The molecule has 3 rings (SSSR count). The molecule has 0 amide bonds. The van der Waals surface area contributed by atoms with Gasteiger partial charge in [0.25, 0.3) is 0 Å². The number of nitrogens with zero attached hydrogens (tertiary/aromatic N) is 1. The highest BCUT2D eigenvalue weighted by Gasteiger charge is 2.45. The third kappa shape index (κ3) is 9.17. The fourth-order valence-electron chi connectivity index (χ4n) is 5.19. The molecule has 2 heterocycles. The Balaban J connectivity index is 1.76. The molecule has 0 radical (unpaired) electrons. The standard InChI is InChI=1S/C31H50N2O4S2/c1-8-26(32-38(34)30(3,4)5)28-20-15-18-25(37-28)22-31(6,7)39(35)33(23-24-16-11-10-12-17-24)27(9-2)29-19-13-14-21-36-29/h10-12,14,16-18,21,26-29,32H,8-9,13,15,19-20,22-23H2,1-7H3/t26-,27-,28-,29-,38?,39?/m0/s1. The second kappa shape index (κ2) is 14.6. The van der Waals surface area contributed by atoms with Crippen LogP contribution >= 0.6 is 0 Å². The quantitative estimate of drug-likeness (QED) is 0.263. The fraction of sp³-hybridized carbons (Fsp3) is 0.677. The van der Waals surface area contributed by atoms with Gasteiger partial charge in [-0.25, -0.2) is 0 Å². The molecule has 220 valence electrons. The van der Waals surface area contributed by atoms with Crippen molar-refractivity contribution in [3.05, 3.63) is 60.1 Å². The Labute approximate surface area is 243 Å². The smallest absolute Gasteiger partial charge is 0.146 e. The molecule has 39 heavy (non-hydrogen) atoms. The number of nitrogens with one attached hydrogen (secondary N) is 1. The molecule has 0 fully saturated rings. The molecular weight excluding hydrogens is 528 g/mol. The van der Waals surface area contributed by atoms with Crippen LogP contribution in [0.5, 0.6) is 0 Å². The summed E-state index contributed by atoms with van der Waals surface area (Å²) in [7, 11) is 0. The third-order valence-electron chi connectivity index (χ3n) is 7.48. The minimum atomic E-state index is -1.30. The highest BCUT2D eigenvalue weighted by atomic mass is 32.2. The van der Waals surface area contributed by atoms with Gasteiger partial charge in [-0.2, -0.15) is 0 Å². The molecule has 2 aliphatic heterocycles. The van der Waals surface area contributed by atoms with Crippen molar-refractivity contribution >= 4 is 22.7 Å². The van der Waals surface area contributed by atoms with Gasteiger partial charge in [-0.05, 0) is 90.9 Å². The van der Waals surface area contributed by atoms with Crippen molar-refractivity contribution in [3.63, 3.8) is 0 Å². The minimum absolute atomic E-state index is 0.00192. The topological polar surface area (TPSA) is 79.8 Å². The van der Waals surface area contributed by atoms with E-state index < -0.39 is 27.5 Å². The van der Waals surface area contributed by atoms with Crippen LogP contribution in [0.4, 0.5) is 0 Å². The molecule has 6 nitrogen and oxygen atoms in total. The van der Waals surface area contributed by atoms with Gasteiger partial charge in [0.05, 0.1) is 37.1 Å². The summed E-state index contributed by atoms with van der Waals surface area (Å²) < 4.78 is 44.4. The summed E-state index contributed by atoms with van der Waals surface area (Å²) in [5.74, 6) is 0.885. The van der Waals surface area contributed by atoms with E-state index in [0.717, 1.165) is 49.8 Å². The lowest BCUT2D eigenvalue weighted by Crippen LogP contribution is -2.53. The van der Waals surface area contributed by atoms with Crippen LogP contribution in [0.2, 0.25) is 0 Å². The van der Waals surface area contributed by atoms with Gasteiger partial charge in [-0.3, -0.25) is 0 Å². The van der Waals surface area contributed by atoms with Crippen LogP contribution in [-0.2, 0) is 38.7 Å². The number of rotatable bonds is 13. The van der Waals surface area contributed by atoms with E-state index in [-0.39, 0.29) is 29.0 Å². The molecule has 6 atom stereocenters. The molecule has 0 saturated heterocycles. The van der Waals surface area contributed by atoms with E-state index in [1.807, 2.05) is 39.0 Å². The summed E-state index contributed by atoms with van der Waals surface area (Å²) in [5.41, 5.74) is 1.14. The second-order valence-electron chi connectivity index (χ2n) is 12.3. The zero-order valence-electron chi connectivity index (χ0n) is 25.0. The van der Waals surface area contributed by atoms with Gasteiger partial charge in [0.2, 0.25) is 0 Å². The Hall–Kier alpha value is -1.16. The van der Waals surface area contributed by atoms with E-state index in [1.165, 1.54) is 0 Å². The molecule has 1 N–H and O–H groups in total. The Kier molecular flexibility index (Phi) is 12.2. The average molecular weight is 579 g/mol. The molecule has 2 aliphatic rings. The van der Waals surface area contributed by atoms with Crippen molar-refractivity contribution in [1.82, 2.24) is 9.03 Å². The molecule has 0 aromatic heterocycles. The number of benzene rings is 1. The van der Waals surface area contributed by atoms with E-state index in [9.17, 15) is 9.11 Å². The van der Waals surface area contributed by atoms with Crippen molar-refractivity contribution in [2.24, 2.45) is 0 Å². The number of hydrogen-bond donors (Lipinski definition) is 1. The highest BCUT2D eigenvalue weighted by Crippen LogP contribution is 2.36. The first-order valence-corrected chi connectivity index (χ1v) is 16.8. The lowest BCUT2D eigenvalue weighted by molar-refractivity contribution is 0.0498. The van der Waals surface area contributed by atoms with Gasteiger partial charge in [0.15, 0.2) is 0 Å². The second-order valence-corrected chi connectivity index (χ2v) is 16.3. The van der Waals surface area contributed by atoms with Crippen LogP contribution in [0.3, 0.4) is 0 Å². The molecule has 0 aliphatic carbocycles.